The van der Waals surface area contributed by atoms with Crippen LogP contribution in [0.4, 0.5) is 11.4 Å². The number of piperidine rings is 1. The number of nitrogens with one attached hydrogen (secondary N) is 1. The van der Waals surface area contributed by atoms with E-state index in [2.05, 4.69) is 17.1 Å². The van der Waals surface area contributed by atoms with E-state index in [-0.39, 0.29) is 28.3 Å². The average Bonchev–Trinajstić information content (AvgIpc) is 2.67. The van der Waals surface area contributed by atoms with Crippen molar-refractivity contribution in [2.45, 2.75) is 77.0 Å². The first-order valence-corrected chi connectivity index (χ1v) is 9.91. The lowest BCUT2D eigenvalue weighted by Crippen LogP contribution is -2.53. The second kappa shape index (κ2) is 9.33. The predicted octanol–water partition coefficient (Wildman–Crippen LogP) is 4.19. The SMILES string of the molecule is CC.CC1(N2CCC(Nc3ccccc3[N+](=O)[O-])CC2)CCC(O)CC1. The van der Waals surface area contributed by atoms with E-state index in [0.717, 1.165) is 51.6 Å². The molecule has 2 N–H and O–H groups in total. The van der Waals surface area contributed by atoms with Gasteiger partial charge in [-0.3, -0.25) is 15.0 Å². The van der Waals surface area contributed by atoms with Gasteiger partial charge in [-0.25, -0.2) is 0 Å². The number of nitrogens with zero attached hydrogens (tertiary/aromatic N) is 2. The third-order valence-corrected chi connectivity index (χ3v) is 5.75. The summed E-state index contributed by atoms with van der Waals surface area (Å²) >= 11 is 0. The van der Waals surface area contributed by atoms with Gasteiger partial charge in [0, 0.05) is 30.7 Å². The third-order valence-electron chi connectivity index (χ3n) is 5.75. The highest BCUT2D eigenvalue weighted by Crippen LogP contribution is 2.36. The number of para-hydroxylation sites is 2. The molecule has 1 saturated heterocycles. The van der Waals surface area contributed by atoms with Gasteiger partial charge in [-0.1, -0.05) is 26.0 Å². The maximum Gasteiger partial charge on any atom is 0.292 e. The van der Waals surface area contributed by atoms with E-state index >= 15 is 0 Å². The van der Waals surface area contributed by atoms with Gasteiger partial charge in [0.2, 0.25) is 0 Å². The zero-order valence-corrected chi connectivity index (χ0v) is 16.3. The number of aliphatic hydroxyl groups is 1. The molecule has 0 radical (unpaired) electrons. The Bertz CT molecular complexity index is 577. The molecule has 0 spiro atoms. The summed E-state index contributed by atoms with van der Waals surface area (Å²) in [4.78, 5) is 13.4. The topological polar surface area (TPSA) is 78.6 Å². The Hall–Kier alpha value is -1.66. The summed E-state index contributed by atoms with van der Waals surface area (Å²) in [5, 5.41) is 24.2. The highest BCUT2D eigenvalue weighted by molar-refractivity contribution is 5.61. The number of nitro benzene ring substituents is 1. The first-order chi connectivity index (χ1) is 12.5. The molecule has 1 aromatic carbocycles. The highest BCUT2D eigenvalue weighted by atomic mass is 16.6. The molecule has 2 aliphatic rings. The Morgan fingerprint density at radius 2 is 1.73 bits per heavy atom. The van der Waals surface area contributed by atoms with E-state index in [0.29, 0.717) is 5.69 Å². The number of hydrogen-bond acceptors (Lipinski definition) is 5. The molecule has 6 heteroatoms. The van der Waals surface area contributed by atoms with Crippen LogP contribution in [0, 0.1) is 10.1 Å². The van der Waals surface area contributed by atoms with Crippen LogP contribution in [-0.4, -0.2) is 45.7 Å². The summed E-state index contributed by atoms with van der Waals surface area (Å²) in [5.41, 5.74) is 0.962. The van der Waals surface area contributed by atoms with Gasteiger partial charge in [-0.15, -0.1) is 0 Å². The fourth-order valence-corrected chi connectivity index (χ4v) is 4.08. The molecule has 26 heavy (non-hydrogen) atoms. The lowest BCUT2D eigenvalue weighted by molar-refractivity contribution is -0.384. The van der Waals surface area contributed by atoms with Crippen molar-refractivity contribution in [3.05, 3.63) is 34.4 Å². The minimum atomic E-state index is -0.328. The normalized spacial score (nSPS) is 27.3. The van der Waals surface area contributed by atoms with Gasteiger partial charge in [0.15, 0.2) is 0 Å². The molecule has 0 atom stereocenters. The van der Waals surface area contributed by atoms with Crippen molar-refractivity contribution in [3.63, 3.8) is 0 Å². The maximum atomic E-state index is 11.1. The number of hydrogen-bond donors (Lipinski definition) is 2. The molecule has 0 amide bonds. The minimum Gasteiger partial charge on any atom is -0.393 e. The summed E-state index contributed by atoms with van der Waals surface area (Å²) in [5.74, 6) is 0. The van der Waals surface area contributed by atoms with Crippen LogP contribution in [0.5, 0.6) is 0 Å². The van der Waals surface area contributed by atoms with Crippen LogP contribution < -0.4 is 5.32 Å². The molecular weight excluding hydrogens is 330 g/mol. The second-order valence-electron chi connectivity index (χ2n) is 7.41. The van der Waals surface area contributed by atoms with E-state index in [1.165, 1.54) is 0 Å². The fraction of sp³-hybridized carbons (Fsp3) is 0.700. The van der Waals surface area contributed by atoms with E-state index in [9.17, 15) is 15.2 Å². The lowest BCUT2D eigenvalue weighted by atomic mass is 9.79. The molecule has 146 valence electrons. The molecule has 6 nitrogen and oxygen atoms in total. The van der Waals surface area contributed by atoms with Crippen molar-refractivity contribution in [1.29, 1.82) is 0 Å². The molecule has 0 bridgehead atoms. The van der Waals surface area contributed by atoms with Crippen LogP contribution in [0.3, 0.4) is 0 Å². The lowest BCUT2D eigenvalue weighted by Gasteiger charge is -2.48. The summed E-state index contributed by atoms with van der Waals surface area (Å²) < 4.78 is 0. The largest absolute Gasteiger partial charge is 0.393 e. The molecule has 1 aliphatic carbocycles. The molecule has 1 heterocycles. The van der Waals surface area contributed by atoms with E-state index in [1.54, 1.807) is 18.2 Å². The number of anilines is 1. The first-order valence-electron chi connectivity index (χ1n) is 9.91. The quantitative estimate of drug-likeness (QED) is 0.619. The van der Waals surface area contributed by atoms with Gasteiger partial charge in [0.25, 0.3) is 5.69 Å². The van der Waals surface area contributed by atoms with Crippen molar-refractivity contribution >= 4 is 11.4 Å². The Labute approximate surface area is 156 Å². The molecular formula is C20H33N3O3. The molecule has 1 aliphatic heterocycles. The summed E-state index contributed by atoms with van der Waals surface area (Å²) in [6.07, 6.45) is 5.74. The standard InChI is InChI=1S/C18H27N3O3.C2H6/c1-18(10-6-15(22)7-11-18)20-12-8-14(9-13-20)19-16-4-2-3-5-17(16)21(23)24;1-2/h2-5,14-15,19,22H,6-13H2,1H3;1-2H3. The molecule has 1 saturated carbocycles. The zero-order chi connectivity index (χ0) is 19.2. The van der Waals surface area contributed by atoms with Gasteiger partial charge in [-0.05, 0) is 51.5 Å². The van der Waals surface area contributed by atoms with E-state index in [1.807, 2.05) is 19.9 Å². The summed E-state index contributed by atoms with van der Waals surface area (Å²) in [6.45, 7) is 8.32. The zero-order valence-electron chi connectivity index (χ0n) is 16.3. The second-order valence-corrected chi connectivity index (χ2v) is 7.41. The van der Waals surface area contributed by atoms with Gasteiger partial charge in [0.05, 0.1) is 11.0 Å². The van der Waals surface area contributed by atoms with Crippen LogP contribution in [0.1, 0.15) is 59.3 Å². The molecule has 1 aromatic rings. The first kappa shape index (κ1) is 20.6. The minimum absolute atomic E-state index is 0.129. The van der Waals surface area contributed by atoms with Crippen LogP contribution in [-0.2, 0) is 0 Å². The van der Waals surface area contributed by atoms with Crippen molar-refractivity contribution in [2.24, 2.45) is 0 Å². The monoisotopic (exact) mass is 363 g/mol. The number of likely N-dealkylation sites (tertiary alicyclic amines) is 1. The smallest absolute Gasteiger partial charge is 0.292 e. The highest BCUT2D eigenvalue weighted by Gasteiger charge is 2.37. The van der Waals surface area contributed by atoms with Crippen LogP contribution in [0.2, 0.25) is 0 Å². The van der Waals surface area contributed by atoms with Crippen LogP contribution in [0.15, 0.2) is 24.3 Å². The van der Waals surface area contributed by atoms with Gasteiger partial charge < -0.3 is 10.4 Å². The molecule has 0 aromatic heterocycles. The van der Waals surface area contributed by atoms with Crippen LogP contribution >= 0.6 is 0 Å². The van der Waals surface area contributed by atoms with Gasteiger partial charge in [-0.2, -0.15) is 0 Å². The van der Waals surface area contributed by atoms with E-state index in [4.69, 9.17) is 0 Å². The Kier molecular flexibility index (Phi) is 7.41. The average molecular weight is 364 g/mol. The summed E-state index contributed by atoms with van der Waals surface area (Å²) in [6, 6.07) is 7.14. The number of rotatable bonds is 4. The molecule has 0 unspecified atom stereocenters. The Morgan fingerprint density at radius 3 is 2.31 bits per heavy atom. The maximum absolute atomic E-state index is 11.1. The predicted molar refractivity (Wildman–Crippen MR) is 106 cm³/mol. The molecule has 3 rings (SSSR count). The van der Waals surface area contributed by atoms with Gasteiger partial charge in [0.1, 0.15) is 5.69 Å². The molecule has 2 fully saturated rings. The number of benzene rings is 1. The van der Waals surface area contributed by atoms with Crippen LogP contribution in [0.25, 0.3) is 0 Å². The fourth-order valence-electron chi connectivity index (χ4n) is 4.08. The number of nitro groups is 1. The van der Waals surface area contributed by atoms with Crippen molar-refractivity contribution in [3.8, 4) is 0 Å². The van der Waals surface area contributed by atoms with Gasteiger partial charge >= 0.3 is 0 Å². The van der Waals surface area contributed by atoms with Crippen molar-refractivity contribution < 1.29 is 10.0 Å². The Balaban J connectivity index is 0.00000117. The third kappa shape index (κ3) is 4.95. The Morgan fingerprint density at radius 1 is 1.15 bits per heavy atom. The van der Waals surface area contributed by atoms with E-state index < -0.39 is 0 Å². The van der Waals surface area contributed by atoms with Crippen molar-refractivity contribution in [1.82, 2.24) is 4.90 Å². The summed E-state index contributed by atoms with van der Waals surface area (Å²) in [7, 11) is 0. The number of aliphatic hydroxyl groups excluding tert-OH is 1. The van der Waals surface area contributed by atoms with Crippen molar-refractivity contribution in [2.75, 3.05) is 18.4 Å².